The second-order valence-corrected chi connectivity index (χ2v) is 3.23. The van der Waals surface area contributed by atoms with Crippen LogP contribution in [0.4, 0.5) is 0 Å². The van der Waals surface area contributed by atoms with Gasteiger partial charge in [-0.3, -0.25) is 0 Å². The highest BCUT2D eigenvalue weighted by Gasteiger charge is 2.13. The lowest BCUT2D eigenvalue weighted by atomic mass is 10.3. The van der Waals surface area contributed by atoms with Crippen molar-refractivity contribution in [3.05, 3.63) is 35.4 Å². The fourth-order valence-corrected chi connectivity index (χ4v) is 1.30. The molecule has 0 aromatic carbocycles. The molecular weight excluding hydrogens is 208 g/mol. The number of aromatic nitrogens is 5. The van der Waals surface area contributed by atoms with Gasteiger partial charge in [0.1, 0.15) is 5.69 Å². The first-order valence-electron chi connectivity index (χ1n) is 4.64. The Morgan fingerprint density at radius 1 is 1.38 bits per heavy atom. The summed E-state index contributed by atoms with van der Waals surface area (Å²) in [4.78, 5) is 4.23. The molecule has 2 aromatic heterocycles. The van der Waals surface area contributed by atoms with E-state index in [2.05, 4.69) is 25.7 Å². The van der Waals surface area contributed by atoms with Gasteiger partial charge in [-0.05, 0) is 36.4 Å². The molecule has 0 saturated carbocycles. The van der Waals surface area contributed by atoms with E-state index in [0.29, 0.717) is 11.5 Å². The van der Waals surface area contributed by atoms with Gasteiger partial charge in [0, 0.05) is 5.69 Å². The van der Waals surface area contributed by atoms with Crippen LogP contribution in [0.5, 0.6) is 0 Å². The van der Waals surface area contributed by atoms with E-state index in [1.165, 1.54) is 4.68 Å². The van der Waals surface area contributed by atoms with Crippen molar-refractivity contribution < 1.29 is 5.21 Å². The van der Waals surface area contributed by atoms with Gasteiger partial charge in [0.25, 0.3) is 0 Å². The summed E-state index contributed by atoms with van der Waals surface area (Å²) in [5.74, 6) is 0.724. The third-order valence-electron chi connectivity index (χ3n) is 2.04. The first kappa shape index (κ1) is 10.2. The van der Waals surface area contributed by atoms with Crippen LogP contribution in [0.1, 0.15) is 17.2 Å². The normalized spacial score (nSPS) is 11.8. The fraction of sp³-hybridized carbons (Fsp3) is 0.222. The summed E-state index contributed by atoms with van der Waals surface area (Å²) in [5.41, 5.74) is 1.34. The zero-order valence-electron chi connectivity index (χ0n) is 8.86. The van der Waals surface area contributed by atoms with Crippen molar-refractivity contribution in [2.45, 2.75) is 13.8 Å². The lowest BCUT2D eigenvalue weighted by molar-refractivity contribution is 0.316. The Morgan fingerprint density at radius 2 is 2.19 bits per heavy atom. The number of aryl methyl sites for hydroxylation is 2. The van der Waals surface area contributed by atoms with Gasteiger partial charge in [0.15, 0.2) is 5.82 Å². The second kappa shape index (κ2) is 4.05. The molecule has 0 radical (unpaired) electrons. The van der Waals surface area contributed by atoms with E-state index in [9.17, 15) is 0 Å². The van der Waals surface area contributed by atoms with Crippen molar-refractivity contribution in [3.8, 4) is 0 Å². The highest BCUT2D eigenvalue weighted by atomic mass is 16.4. The maximum atomic E-state index is 9.00. The summed E-state index contributed by atoms with van der Waals surface area (Å²) in [5, 5.41) is 23.1. The van der Waals surface area contributed by atoms with Gasteiger partial charge in [-0.1, -0.05) is 11.2 Å². The lowest BCUT2D eigenvalue weighted by Crippen LogP contribution is -2.18. The van der Waals surface area contributed by atoms with Crippen LogP contribution >= 0.6 is 0 Å². The molecule has 0 unspecified atom stereocenters. The molecule has 0 aliphatic carbocycles. The Labute approximate surface area is 91.4 Å². The molecule has 7 nitrogen and oxygen atoms in total. The van der Waals surface area contributed by atoms with Crippen molar-refractivity contribution in [1.82, 2.24) is 25.2 Å². The minimum Gasteiger partial charge on any atom is -0.409 e. The van der Waals surface area contributed by atoms with Crippen LogP contribution in [0.2, 0.25) is 0 Å². The number of pyridine rings is 1. The summed E-state index contributed by atoms with van der Waals surface area (Å²) in [6.45, 7) is 3.56. The Hall–Kier alpha value is -2.31. The number of hydrogen-bond acceptors (Lipinski definition) is 6. The molecular formula is C9H10N6O. The van der Waals surface area contributed by atoms with E-state index < -0.39 is 0 Å². The van der Waals surface area contributed by atoms with Gasteiger partial charge in [-0.15, -0.1) is 5.10 Å². The third-order valence-corrected chi connectivity index (χ3v) is 2.04. The largest absolute Gasteiger partial charge is 0.409 e. The molecule has 1 N–H and O–H groups in total. The first-order chi connectivity index (χ1) is 7.72. The van der Waals surface area contributed by atoms with Gasteiger partial charge >= 0.3 is 0 Å². The minimum absolute atomic E-state index is 0.200. The standard InChI is InChI=1S/C9H10N6O/c1-6-4-3-5-8(10-6)9(12-16)15-7(2)11-13-14-15/h3-5,16H,1-2H3/b12-9-. The summed E-state index contributed by atoms with van der Waals surface area (Å²) in [7, 11) is 0. The zero-order valence-corrected chi connectivity index (χ0v) is 8.86. The number of nitrogens with zero attached hydrogens (tertiary/aromatic N) is 6. The highest BCUT2D eigenvalue weighted by Crippen LogP contribution is 2.03. The van der Waals surface area contributed by atoms with E-state index in [0.717, 1.165) is 5.69 Å². The van der Waals surface area contributed by atoms with Crippen LogP contribution in [0.25, 0.3) is 0 Å². The highest BCUT2D eigenvalue weighted by molar-refractivity contribution is 5.97. The lowest BCUT2D eigenvalue weighted by Gasteiger charge is -2.04. The molecule has 0 fully saturated rings. The molecule has 2 heterocycles. The molecule has 0 spiro atoms. The Morgan fingerprint density at radius 3 is 2.75 bits per heavy atom. The topological polar surface area (TPSA) is 89.1 Å². The zero-order chi connectivity index (χ0) is 11.5. The van der Waals surface area contributed by atoms with Crippen LogP contribution < -0.4 is 0 Å². The Bertz CT molecular complexity index is 532. The van der Waals surface area contributed by atoms with Crippen LogP contribution in [-0.2, 0) is 0 Å². The van der Waals surface area contributed by atoms with E-state index >= 15 is 0 Å². The van der Waals surface area contributed by atoms with E-state index in [-0.39, 0.29) is 5.84 Å². The van der Waals surface area contributed by atoms with E-state index in [1.54, 1.807) is 13.0 Å². The Balaban J connectivity index is 2.50. The number of rotatable bonds is 1. The van der Waals surface area contributed by atoms with Gasteiger partial charge in [0.05, 0.1) is 0 Å². The van der Waals surface area contributed by atoms with Crippen molar-refractivity contribution >= 4 is 5.84 Å². The molecule has 16 heavy (non-hydrogen) atoms. The summed E-state index contributed by atoms with van der Waals surface area (Å²) in [6, 6.07) is 5.40. The quantitative estimate of drug-likeness (QED) is 0.323. The summed E-state index contributed by atoms with van der Waals surface area (Å²) >= 11 is 0. The average Bonchev–Trinajstić information content (AvgIpc) is 2.67. The maximum absolute atomic E-state index is 9.00. The Kier molecular flexibility index (Phi) is 2.59. The molecule has 82 valence electrons. The smallest absolute Gasteiger partial charge is 0.221 e. The van der Waals surface area contributed by atoms with Crippen LogP contribution in [-0.4, -0.2) is 36.2 Å². The van der Waals surface area contributed by atoms with Crippen molar-refractivity contribution in [2.24, 2.45) is 5.16 Å². The predicted octanol–water partition coefficient (Wildman–Crippen LogP) is 0.369. The molecule has 0 saturated heterocycles. The third kappa shape index (κ3) is 1.74. The van der Waals surface area contributed by atoms with E-state index in [1.807, 2.05) is 19.1 Å². The van der Waals surface area contributed by atoms with Crippen LogP contribution in [0, 0.1) is 13.8 Å². The summed E-state index contributed by atoms with van der Waals surface area (Å²) < 4.78 is 1.32. The number of hydrogen-bond donors (Lipinski definition) is 1. The molecule has 0 aliphatic heterocycles. The van der Waals surface area contributed by atoms with Gasteiger partial charge < -0.3 is 5.21 Å². The molecule has 0 atom stereocenters. The van der Waals surface area contributed by atoms with Crippen molar-refractivity contribution in [2.75, 3.05) is 0 Å². The second-order valence-electron chi connectivity index (χ2n) is 3.23. The molecule has 7 heteroatoms. The van der Waals surface area contributed by atoms with Gasteiger partial charge in [-0.25, -0.2) is 4.98 Å². The molecule has 2 aromatic rings. The van der Waals surface area contributed by atoms with Gasteiger partial charge in [-0.2, -0.15) is 4.68 Å². The number of oxime groups is 1. The molecule has 0 aliphatic rings. The first-order valence-corrected chi connectivity index (χ1v) is 4.64. The number of tetrazole rings is 1. The van der Waals surface area contributed by atoms with Crippen molar-refractivity contribution in [1.29, 1.82) is 0 Å². The fourth-order valence-electron chi connectivity index (χ4n) is 1.30. The van der Waals surface area contributed by atoms with E-state index in [4.69, 9.17) is 5.21 Å². The predicted molar refractivity (Wildman–Crippen MR) is 55.2 cm³/mol. The minimum atomic E-state index is 0.200. The van der Waals surface area contributed by atoms with Crippen LogP contribution in [0.15, 0.2) is 23.4 Å². The SMILES string of the molecule is Cc1cccc(/C(=N/O)n2nnnc2C)n1. The van der Waals surface area contributed by atoms with Crippen LogP contribution in [0.3, 0.4) is 0 Å². The maximum Gasteiger partial charge on any atom is 0.221 e. The molecule has 2 rings (SSSR count). The van der Waals surface area contributed by atoms with Crippen molar-refractivity contribution in [3.63, 3.8) is 0 Å². The average molecular weight is 218 g/mol. The molecule has 0 amide bonds. The summed E-state index contributed by atoms with van der Waals surface area (Å²) in [6.07, 6.45) is 0. The van der Waals surface area contributed by atoms with Gasteiger partial charge in [0.2, 0.25) is 5.84 Å². The monoisotopic (exact) mass is 218 g/mol. The molecule has 0 bridgehead atoms.